The maximum Gasteiger partial charge on any atom is 0.203 e. The lowest BCUT2D eigenvalue weighted by Crippen LogP contribution is -2.03. The van der Waals surface area contributed by atoms with E-state index < -0.39 is 0 Å². The number of hydrogen-bond donors (Lipinski definition) is 2. The number of aromatic hydroxyl groups is 2. The third-order valence-corrected chi connectivity index (χ3v) is 2.86. The van der Waals surface area contributed by atoms with Crippen molar-refractivity contribution in [3.05, 3.63) is 52.3 Å². The van der Waals surface area contributed by atoms with Crippen molar-refractivity contribution in [2.75, 3.05) is 0 Å². The summed E-state index contributed by atoms with van der Waals surface area (Å²) in [6, 6.07) is 9.00. The average molecular weight is 293 g/mol. The topological polar surface area (TPSA) is 54.6 Å². The fourth-order valence-electron chi connectivity index (χ4n) is 1.40. The van der Waals surface area contributed by atoms with Crippen LogP contribution in [0.5, 0.6) is 11.5 Å². The zero-order valence-corrected chi connectivity index (χ0v) is 10.5. The van der Waals surface area contributed by atoms with Crippen molar-refractivity contribution in [3.8, 4) is 11.5 Å². The van der Waals surface area contributed by atoms with Crippen LogP contribution in [0, 0.1) is 0 Å². The summed E-state index contributed by atoms with van der Waals surface area (Å²) in [5.41, 5.74) is 1.75. The number of phenols is 2. The molecular weight excluding hydrogens is 282 g/mol. The lowest BCUT2D eigenvalue weighted by atomic mass is 10.1. The van der Waals surface area contributed by atoms with Crippen LogP contribution in [0.4, 0.5) is 0 Å². The summed E-state index contributed by atoms with van der Waals surface area (Å²) < 4.78 is 0.467. The van der Waals surface area contributed by atoms with Crippen LogP contribution in [0.2, 0.25) is 0 Å². The van der Waals surface area contributed by atoms with Crippen LogP contribution in [0.15, 0.2) is 41.0 Å². The van der Waals surface area contributed by atoms with Crippen molar-refractivity contribution in [1.29, 1.82) is 0 Å². The molecule has 17 heavy (non-hydrogen) atoms. The van der Waals surface area contributed by atoms with Crippen LogP contribution >= 0.6 is 15.9 Å². The minimum atomic E-state index is -0.145. The summed E-state index contributed by atoms with van der Waals surface area (Å²) in [5, 5.41) is 18.8. The van der Waals surface area contributed by atoms with E-state index in [9.17, 15) is 10.2 Å². The van der Waals surface area contributed by atoms with Crippen molar-refractivity contribution in [3.63, 3.8) is 0 Å². The van der Waals surface area contributed by atoms with Gasteiger partial charge in [0, 0.05) is 18.2 Å². The Kier molecular flexibility index (Phi) is 3.44. The number of aromatic nitrogens is 1. The summed E-state index contributed by atoms with van der Waals surface area (Å²) in [6.45, 7) is 0. The van der Waals surface area contributed by atoms with Crippen molar-refractivity contribution < 1.29 is 15.2 Å². The zero-order chi connectivity index (χ0) is 12.3. The molecule has 3 N–H and O–H groups in total. The summed E-state index contributed by atoms with van der Waals surface area (Å²) in [6.07, 6.45) is 5.57. The molecule has 4 heteroatoms. The minimum Gasteiger partial charge on any atom is -0.504 e. The van der Waals surface area contributed by atoms with E-state index in [-0.39, 0.29) is 11.5 Å². The Bertz CT molecular complexity index is 530. The zero-order valence-electron chi connectivity index (χ0n) is 8.89. The third-order valence-electron chi connectivity index (χ3n) is 2.25. The smallest absolute Gasteiger partial charge is 0.203 e. The first-order valence-electron chi connectivity index (χ1n) is 5.03. The lowest BCUT2D eigenvalue weighted by Gasteiger charge is -2.01. The summed E-state index contributed by atoms with van der Waals surface area (Å²) in [4.78, 5) is 3.07. The van der Waals surface area contributed by atoms with Gasteiger partial charge >= 0.3 is 0 Å². The summed E-state index contributed by atoms with van der Waals surface area (Å²) in [7, 11) is 0. The van der Waals surface area contributed by atoms with E-state index >= 15 is 0 Å². The Labute approximate surface area is 107 Å². The van der Waals surface area contributed by atoms with Gasteiger partial charge in [-0.2, -0.15) is 0 Å². The maximum absolute atomic E-state index is 9.46. The fourth-order valence-corrected chi connectivity index (χ4v) is 1.87. The molecular formula is C13H11BrNO2+. The van der Waals surface area contributed by atoms with Gasteiger partial charge < -0.3 is 10.2 Å². The first kappa shape index (κ1) is 11.7. The van der Waals surface area contributed by atoms with E-state index in [2.05, 4.69) is 20.9 Å². The standard InChI is InChI=1S/C13H10BrNO2/c14-11-7-9(8-12(16)13(11)17)4-5-10-3-1-2-6-15-10/h1-8,16-17H/p+1/b5-4+. The molecule has 0 spiro atoms. The minimum absolute atomic E-state index is 0.143. The molecule has 0 aliphatic carbocycles. The number of halogens is 1. The maximum atomic E-state index is 9.46. The van der Waals surface area contributed by atoms with Crippen molar-refractivity contribution in [2.45, 2.75) is 0 Å². The van der Waals surface area contributed by atoms with Gasteiger partial charge in [-0.25, -0.2) is 4.98 Å². The van der Waals surface area contributed by atoms with E-state index in [1.165, 1.54) is 6.07 Å². The van der Waals surface area contributed by atoms with Gasteiger partial charge in [0.1, 0.15) is 0 Å². The molecule has 1 aromatic heterocycles. The monoisotopic (exact) mass is 292 g/mol. The highest BCUT2D eigenvalue weighted by molar-refractivity contribution is 9.10. The number of pyridine rings is 1. The molecule has 0 unspecified atom stereocenters. The molecule has 86 valence electrons. The van der Waals surface area contributed by atoms with Gasteiger partial charge in [0.25, 0.3) is 0 Å². The predicted octanol–water partition coefficient (Wildman–Crippen LogP) is 2.84. The van der Waals surface area contributed by atoms with E-state index in [0.717, 1.165) is 11.3 Å². The lowest BCUT2D eigenvalue weighted by molar-refractivity contribution is -0.380. The van der Waals surface area contributed by atoms with Crippen molar-refractivity contribution in [1.82, 2.24) is 0 Å². The van der Waals surface area contributed by atoms with Crippen molar-refractivity contribution in [2.24, 2.45) is 0 Å². The van der Waals surface area contributed by atoms with Crippen LogP contribution in [0.1, 0.15) is 11.3 Å². The number of rotatable bonds is 2. The quantitative estimate of drug-likeness (QED) is 0.837. The molecule has 2 rings (SSSR count). The Morgan fingerprint density at radius 3 is 2.59 bits per heavy atom. The summed E-state index contributed by atoms with van der Waals surface area (Å²) in [5.74, 6) is -0.288. The number of H-pyrrole nitrogens is 1. The SMILES string of the molecule is Oc1cc(/C=C/c2cccc[nH+]2)cc(Br)c1O. The largest absolute Gasteiger partial charge is 0.504 e. The van der Waals surface area contributed by atoms with E-state index in [1.807, 2.05) is 36.5 Å². The molecule has 0 atom stereocenters. The van der Waals surface area contributed by atoms with Crippen LogP contribution in [-0.4, -0.2) is 10.2 Å². The second kappa shape index (κ2) is 5.01. The molecule has 3 nitrogen and oxygen atoms in total. The number of nitrogens with one attached hydrogen (secondary N) is 1. The molecule has 0 aliphatic rings. The molecule has 0 fully saturated rings. The molecule has 2 aromatic rings. The van der Waals surface area contributed by atoms with E-state index in [0.29, 0.717) is 4.47 Å². The molecule has 0 radical (unpaired) electrons. The van der Waals surface area contributed by atoms with Crippen LogP contribution < -0.4 is 4.98 Å². The van der Waals surface area contributed by atoms with E-state index in [1.54, 1.807) is 6.07 Å². The van der Waals surface area contributed by atoms with Crippen LogP contribution in [-0.2, 0) is 0 Å². The number of benzene rings is 1. The number of aromatic amines is 1. The molecule has 0 saturated heterocycles. The number of phenolic OH excluding ortho intramolecular Hbond substituents is 2. The van der Waals surface area contributed by atoms with Crippen molar-refractivity contribution >= 4 is 28.1 Å². The predicted molar refractivity (Wildman–Crippen MR) is 69.4 cm³/mol. The van der Waals surface area contributed by atoms with Gasteiger partial charge in [0.15, 0.2) is 17.7 Å². The highest BCUT2D eigenvalue weighted by atomic mass is 79.9. The summed E-state index contributed by atoms with van der Waals surface area (Å²) >= 11 is 3.17. The van der Waals surface area contributed by atoms with Gasteiger partial charge in [0.05, 0.1) is 4.47 Å². The highest BCUT2D eigenvalue weighted by Gasteiger charge is 2.05. The first-order chi connectivity index (χ1) is 8.16. The van der Waals surface area contributed by atoms with Crippen LogP contribution in [0.25, 0.3) is 12.2 Å². The van der Waals surface area contributed by atoms with Crippen LogP contribution in [0.3, 0.4) is 0 Å². The Hall–Kier alpha value is -1.81. The molecule has 0 saturated carbocycles. The molecule has 0 amide bonds. The van der Waals surface area contributed by atoms with Gasteiger partial charge in [0.2, 0.25) is 5.69 Å². The Balaban J connectivity index is 2.28. The second-order valence-corrected chi connectivity index (χ2v) is 4.38. The van der Waals surface area contributed by atoms with Gasteiger partial charge in [-0.05, 0) is 45.8 Å². The molecule has 1 heterocycles. The van der Waals surface area contributed by atoms with Gasteiger partial charge in [-0.1, -0.05) is 0 Å². The Morgan fingerprint density at radius 2 is 1.94 bits per heavy atom. The number of hydrogen-bond acceptors (Lipinski definition) is 2. The highest BCUT2D eigenvalue weighted by Crippen LogP contribution is 2.34. The molecule has 0 aliphatic heterocycles. The Morgan fingerprint density at radius 1 is 1.12 bits per heavy atom. The first-order valence-corrected chi connectivity index (χ1v) is 5.82. The second-order valence-electron chi connectivity index (χ2n) is 3.52. The average Bonchev–Trinajstić information content (AvgIpc) is 2.34. The van der Waals surface area contributed by atoms with Gasteiger partial charge in [-0.15, -0.1) is 0 Å². The molecule has 1 aromatic carbocycles. The molecule has 0 bridgehead atoms. The van der Waals surface area contributed by atoms with Gasteiger partial charge in [-0.3, -0.25) is 0 Å². The van der Waals surface area contributed by atoms with E-state index in [4.69, 9.17) is 0 Å². The normalized spacial score (nSPS) is 10.9. The fraction of sp³-hybridized carbons (Fsp3) is 0. The third kappa shape index (κ3) is 2.85.